The van der Waals surface area contributed by atoms with Crippen LogP contribution < -0.4 is 26.6 Å². The number of hydrogen-bond donors (Lipinski definition) is 10. The predicted octanol–water partition coefficient (Wildman–Crippen LogP) is 4.26. The number of carboxylic acid groups (broad SMARTS) is 4. The summed E-state index contributed by atoms with van der Waals surface area (Å²) in [5.74, 6) is -9.23. The summed E-state index contributed by atoms with van der Waals surface area (Å²) in [6.07, 6.45) is 16.0. The number of amides is 5. The van der Waals surface area contributed by atoms with Crippen LogP contribution in [0.15, 0.2) is 0 Å². The van der Waals surface area contributed by atoms with Crippen LogP contribution in [0, 0.1) is 11.8 Å². The molecule has 0 aliphatic carbocycles. The van der Waals surface area contributed by atoms with Gasteiger partial charge in [0.05, 0.1) is 45.6 Å². The lowest BCUT2D eigenvalue weighted by Gasteiger charge is -2.16. The van der Waals surface area contributed by atoms with Crippen LogP contribution in [0.5, 0.6) is 0 Å². The van der Waals surface area contributed by atoms with Crippen LogP contribution in [-0.4, -0.2) is 182 Å². The quantitative estimate of drug-likeness (QED) is 0.0380. The standard InChI is InChI=1S/C55H95N5O20.CH4/c1-2-41(46(63)38-61)19-17-18-28-56-47(64)26-23-45(55(75)76)60-50(67)25-22-42(53(71)72)37-43(62)39-79-35-33-78-32-30-58-51(68)40-80-36-34-77-31-29-57-48(65)27-24-44(54(73)74)59-49(66)20-15-13-11-9-7-5-3-4-6-8-10-12-14-16-21-52(69)70;/h41-42,44-45,61H,2-40H2,1H3,(H,56,64)(H,57,65)(H,58,68)(H,59,66)(H,60,67)(H,69,70)(H,71,72)(H,73,74)(H,75,76);1H4/t41-,42+,44-,45-;/m0./s1. The van der Waals surface area contributed by atoms with Crippen LogP contribution in [0.4, 0.5) is 0 Å². The fourth-order valence-corrected chi connectivity index (χ4v) is 8.24. The molecule has 0 bridgehead atoms. The number of aliphatic carboxylic acids is 4. The number of aliphatic hydroxyl groups excluding tert-OH is 1. The molecule has 468 valence electrons. The molecule has 0 spiro atoms. The Balaban J connectivity index is 0. The Morgan fingerprint density at radius 1 is 0.395 bits per heavy atom. The molecule has 0 radical (unpaired) electrons. The number of hydrogen-bond acceptors (Lipinski definition) is 16. The van der Waals surface area contributed by atoms with Crippen molar-refractivity contribution >= 4 is 65.0 Å². The lowest BCUT2D eigenvalue weighted by atomic mass is 9.95. The molecule has 0 saturated heterocycles. The van der Waals surface area contributed by atoms with Crippen molar-refractivity contribution in [3.63, 3.8) is 0 Å². The van der Waals surface area contributed by atoms with Crippen molar-refractivity contribution < 1.29 is 97.2 Å². The molecule has 25 nitrogen and oxygen atoms in total. The van der Waals surface area contributed by atoms with Gasteiger partial charge in [-0.05, 0) is 51.4 Å². The summed E-state index contributed by atoms with van der Waals surface area (Å²) in [6.45, 7) is 1.85. The number of Topliss-reactive ketones (excluding diaryl/α,β-unsaturated/α-hetero) is 2. The summed E-state index contributed by atoms with van der Waals surface area (Å²) in [4.78, 5) is 131. The largest absolute Gasteiger partial charge is 0.481 e. The summed E-state index contributed by atoms with van der Waals surface area (Å²) < 4.78 is 21.3. The third-order valence-corrected chi connectivity index (χ3v) is 13.0. The van der Waals surface area contributed by atoms with Gasteiger partial charge in [-0.1, -0.05) is 97.8 Å². The van der Waals surface area contributed by atoms with Gasteiger partial charge >= 0.3 is 23.9 Å². The number of ether oxygens (including phenoxy) is 4. The molecule has 0 rings (SSSR count). The number of nitrogens with one attached hydrogen (secondary N) is 5. The van der Waals surface area contributed by atoms with E-state index in [9.17, 15) is 68.1 Å². The molecule has 0 aromatic rings. The Labute approximate surface area is 478 Å². The first kappa shape index (κ1) is 77.4. The minimum Gasteiger partial charge on any atom is -0.481 e. The van der Waals surface area contributed by atoms with Gasteiger partial charge in [0.1, 0.15) is 31.9 Å². The maximum atomic E-state index is 12.5. The Hall–Kier alpha value is -5.63. The first-order chi connectivity index (χ1) is 38.4. The fourth-order valence-electron chi connectivity index (χ4n) is 8.24. The molecule has 25 heteroatoms. The molecule has 0 aliphatic rings. The van der Waals surface area contributed by atoms with Gasteiger partial charge in [0.15, 0.2) is 11.6 Å². The predicted molar refractivity (Wildman–Crippen MR) is 298 cm³/mol. The van der Waals surface area contributed by atoms with Crippen LogP contribution in [0.2, 0.25) is 0 Å². The Kier molecular flexibility index (Phi) is 50.1. The SMILES string of the molecule is C.CC[C@@H](CCCCNC(=O)CC[C@H](NC(=O)CC[C@H](CC(=O)COCCOCCNC(=O)COCCOCCNC(=O)CC[C@H](NC(=O)CCCCCCCCCCCCCCCCC(=O)O)C(=O)O)C(=O)O)C(=O)O)C(=O)CO. The van der Waals surface area contributed by atoms with Gasteiger partial charge < -0.3 is 71.1 Å². The monoisotopic (exact) mass is 1160 g/mol. The lowest BCUT2D eigenvalue weighted by Crippen LogP contribution is -2.42. The zero-order valence-corrected chi connectivity index (χ0v) is 47.2. The molecule has 10 N–H and O–H groups in total. The fraction of sp³-hybridized carbons (Fsp3) is 0.804. The topological polar surface area (TPSA) is 386 Å². The second-order valence-electron chi connectivity index (χ2n) is 19.8. The molecular formula is C56H99N5O20. The second-order valence-corrected chi connectivity index (χ2v) is 19.8. The van der Waals surface area contributed by atoms with Gasteiger partial charge in [-0.2, -0.15) is 0 Å². The van der Waals surface area contributed by atoms with E-state index in [1.807, 2.05) is 6.92 Å². The van der Waals surface area contributed by atoms with Crippen molar-refractivity contribution in [2.45, 2.75) is 200 Å². The number of ketones is 2. The van der Waals surface area contributed by atoms with Gasteiger partial charge in [-0.25, -0.2) is 9.59 Å². The van der Waals surface area contributed by atoms with E-state index < -0.39 is 90.9 Å². The zero-order chi connectivity index (χ0) is 59.6. The van der Waals surface area contributed by atoms with Gasteiger partial charge in [0.2, 0.25) is 29.5 Å². The van der Waals surface area contributed by atoms with Crippen molar-refractivity contribution in [2.24, 2.45) is 11.8 Å². The van der Waals surface area contributed by atoms with Crippen molar-refractivity contribution in [1.82, 2.24) is 26.6 Å². The Morgan fingerprint density at radius 2 is 0.815 bits per heavy atom. The average Bonchev–Trinajstić information content (AvgIpc) is 3.41. The third-order valence-electron chi connectivity index (χ3n) is 13.0. The van der Waals surface area contributed by atoms with Crippen LogP contribution in [0.1, 0.15) is 188 Å². The third kappa shape index (κ3) is 47.7. The molecule has 81 heavy (non-hydrogen) atoms. The van der Waals surface area contributed by atoms with Gasteiger partial charge in [0.25, 0.3) is 0 Å². The highest BCUT2D eigenvalue weighted by molar-refractivity contribution is 5.87. The number of carbonyl (C=O) groups is 11. The number of rotatable bonds is 57. The molecule has 0 unspecified atom stereocenters. The van der Waals surface area contributed by atoms with E-state index in [1.54, 1.807) is 0 Å². The van der Waals surface area contributed by atoms with E-state index in [0.29, 0.717) is 38.6 Å². The Morgan fingerprint density at radius 3 is 1.27 bits per heavy atom. The molecule has 5 amide bonds. The van der Waals surface area contributed by atoms with Crippen LogP contribution in [-0.2, 0) is 71.7 Å². The minimum atomic E-state index is -1.40. The summed E-state index contributed by atoms with van der Waals surface area (Å²) in [5, 5.41) is 59.1. The zero-order valence-electron chi connectivity index (χ0n) is 47.2. The molecule has 0 heterocycles. The maximum Gasteiger partial charge on any atom is 0.326 e. The molecular weight excluding hydrogens is 1060 g/mol. The van der Waals surface area contributed by atoms with E-state index in [0.717, 1.165) is 51.4 Å². The Bertz CT molecular complexity index is 1800. The van der Waals surface area contributed by atoms with E-state index in [-0.39, 0.29) is 136 Å². The van der Waals surface area contributed by atoms with E-state index in [2.05, 4.69) is 26.6 Å². The minimum absolute atomic E-state index is 0. The van der Waals surface area contributed by atoms with E-state index in [4.69, 9.17) is 29.2 Å². The van der Waals surface area contributed by atoms with Crippen LogP contribution in [0.3, 0.4) is 0 Å². The van der Waals surface area contributed by atoms with Gasteiger partial charge in [-0.15, -0.1) is 0 Å². The van der Waals surface area contributed by atoms with Crippen LogP contribution in [0.25, 0.3) is 0 Å². The first-order valence-electron chi connectivity index (χ1n) is 28.6. The van der Waals surface area contributed by atoms with Crippen LogP contribution >= 0.6 is 0 Å². The summed E-state index contributed by atoms with van der Waals surface area (Å²) in [6, 6.07) is -2.58. The molecule has 0 saturated carbocycles. The molecule has 4 atom stereocenters. The van der Waals surface area contributed by atoms with Gasteiger partial charge in [-0.3, -0.25) is 43.2 Å². The highest BCUT2D eigenvalue weighted by Crippen LogP contribution is 2.16. The van der Waals surface area contributed by atoms with Gasteiger partial charge in [0, 0.05) is 64.1 Å². The molecule has 0 aromatic heterocycles. The summed E-state index contributed by atoms with van der Waals surface area (Å²) in [7, 11) is 0. The van der Waals surface area contributed by atoms with Crippen molar-refractivity contribution in [1.29, 1.82) is 0 Å². The van der Waals surface area contributed by atoms with E-state index >= 15 is 0 Å². The lowest BCUT2D eigenvalue weighted by molar-refractivity contribution is -0.145. The molecule has 0 aromatic carbocycles. The maximum absolute atomic E-state index is 12.5. The highest BCUT2D eigenvalue weighted by atomic mass is 16.5. The summed E-state index contributed by atoms with van der Waals surface area (Å²) >= 11 is 0. The number of aliphatic hydroxyl groups is 1. The highest BCUT2D eigenvalue weighted by Gasteiger charge is 2.26. The normalized spacial score (nSPS) is 12.4. The number of unbranched alkanes of at least 4 members (excludes halogenated alkanes) is 14. The smallest absolute Gasteiger partial charge is 0.326 e. The molecule has 0 aliphatic heterocycles. The first-order valence-corrected chi connectivity index (χ1v) is 28.6. The molecule has 0 fully saturated rings. The summed E-state index contributed by atoms with van der Waals surface area (Å²) in [5.41, 5.74) is 0. The number of carbonyl (C=O) groups excluding carboxylic acids is 7. The average molecular weight is 1160 g/mol. The second kappa shape index (κ2) is 52.4. The van der Waals surface area contributed by atoms with Crippen molar-refractivity contribution in [3.8, 4) is 0 Å². The van der Waals surface area contributed by atoms with Crippen molar-refractivity contribution in [3.05, 3.63) is 0 Å². The van der Waals surface area contributed by atoms with E-state index in [1.165, 1.54) is 32.1 Å². The van der Waals surface area contributed by atoms with Crippen molar-refractivity contribution in [2.75, 3.05) is 79.1 Å². The number of carboxylic acids is 4.